The standard InChI is InChI=1S/C21H21N3O4/c25-19(15-6-8-16(9-7-15)24-11-10-22-21(24)28)23-12-17(18(13-23)20(26)27)14-4-2-1-3-5-14/h1-9,17-18H,10-13H2,(H,22,28)(H,26,27)/t17-,18+/m0/s1. The third-order valence-corrected chi connectivity index (χ3v) is 5.43. The Morgan fingerprint density at radius 3 is 2.32 bits per heavy atom. The molecule has 4 rings (SSSR count). The van der Waals surface area contributed by atoms with E-state index in [9.17, 15) is 19.5 Å². The van der Waals surface area contributed by atoms with Crippen molar-refractivity contribution in [1.82, 2.24) is 10.2 Å². The van der Waals surface area contributed by atoms with Gasteiger partial charge in [-0.05, 0) is 29.8 Å². The van der Waals surface area contributed by atoms with E-state index in [0.29, 0.717) is 25.2 Å². The largest absolute Gasteiger partial charge is 0.481 e. The molecule has 2 aromatic carbocycles. The monoisotopic (exact) mass is 379 g/mol. The second-order valence-corrected chi connectivity index (χ2v) is 7.10. The lowest BCUT2D eigenvalue weighted by Crippen LogP contribution is -2.30. The van der Waals surface area contributed by atoms with E-state index < -0.39 is 11.9 Å². The predicted molar refractivity (Wildman–Crippen MR) is 103 cm³/mol. The quantitative estimate of drug-likeness (QED) is 0.852. The fourth-order valence-electron chi connectivity index (χ4n) is 3.94. The molecule has 0 aliphatic carbocycles. The van der Waals surface area contributed by atoms with E-state index in [1.54, 1.807) is 34.1 Å². The van der Waals surface area contributed by atoms with Crippen LogP contribution < -0.4 is 10.2 Å². The third kappa shape index (κ3) is 3.31. The van der Waals surface area contributed by atoms with Crippen LogP contribution in [-0.4, -0.2) is 54.1 Å². The van der Waals surface area contributed by atoms with Gasteiger partial charge in [-0.2, -0.15) is 0 Å². The van der Waals surface area contributed by atoms with Gasteiger partial charge in [-0.1, -0.05) is 30.3 Å². The molecule has 0 radical (unpaired) electrons. The normalized spacial score (nSPS) is 21.6. The summed E-state index contributed by atoms with van der Waals surface area (Å²) in [6.07, 6.45) is 0. The predicted octanol–water partition coefficient (Wildman–Crippen LogP) is 2.16. The number of carboxylic acid groups (broad SMARTS) is 1. The van der Waals surface area contributed by atoms with Gasteiger partial charge >= 0.3 is 12.0 Å². The molecule has 2 heterocycles. The molecule has 0 saturated carbocycles. The van der Waals surface area contributed by atoms with E-state index in [4.69, 9.17) is 0 Å². The Balaban J connectivity index is 1.51. The minimum Gasteiger partial charge on any atom is -0.481 e. The van der Waals surface area contributed by atoms with Crippen LogP contribution in [0, 0.1) is 5.92 Å². The number of likely N-dealkylation sites (tertiary alicyclic amines) is 1. The number of hydrogen-bond donors (Lipinski definition) is 2. The molecule has 2 saturated heterocycles. The molecule has 2 aliphatic heterocycles. The summed E-state index contributed by atoms with van der Waals surface area (Å²) >= 11 is 0. The maximum Gasteiger partial charge on any atom is 0.321 e. The lowest BCUT2D eigenvalue weighted by molar-refractivity contribution is -0.141. The molecule has 2 fully saturated rings. The van der Waals surface area contributed by atoms with Crippen LogP contribution >= 0.6 is 0 Å². The number of anilines is 1. The highest BCUT2D eigenvalue weighted by molar-refractivity contribution is 5.97. The lowest BCUT2D eigenvalue weighted by Gasteiger charge is -2.18. The first-order chi connectivity index (χ1) is 13.5. The molecule has 144 valence electrons. The fourth-order valence-corrected chi connectivity index (χ4v) is 3.94. The van der Waals surface area contributed by atoms with Gasteiger partial charge in [-0.25, -0.2) is 4.79 Å². The zero-order chi connectivity index (χ0) is 19.7. The summed E-state index contributed by atoms with van der Waals surface area (Å²) in [6, 6.07) is 16.2. The molecule has 0 bridgehead atoms. The zero-order valence-electron chi connectivity index (χ0n) is 15.2. The highest BCUT2D eigenvalue weighted by atomic mass is 16.4. The Kier molecular flexibility index (Phi) is 4.73. The van der Waals surface area contributed by atoms with E-state index in [1.165, 1.54) is 0 Å². The number of carboxylic acids is 1. The minimum atomic E-state index is -0.889. The fraction of sp³-hybridized carbons (Fsp3) is 0.286. The van der Waals surface area contributed by atoms with Crippen LogP contribution in [0.5, 0.6) is 0 Å². The van der Waals surface area contributed by atoms with Crippen molar-refractivity contribution < 1.29 is 19.5 Å². The average Bonchev–Trinajstić information content (AvgIpc) is 3.35. The number of nitrogens with one attached hydrogen (secondary N) is 1. The second-order valence-electron chi connectivity index (χ2n) is 7.10. The van der Waals surface area contributed by atoms with E-state index >= 15 is 0 Å². The van der Waals surface area contributed by atoms with Crippen LogP contribution in [0.15, 0.2) is 54.6 Å². The summed E-state index contributed by atoms with van der Waals surface area (Å²) in [5.74, 6) is -1.93. The second kappa shape index (κ2) is 7.34. The number of rotatable bonds is 4. The van der Waals surface area contributed by atoms with E-state index in [1.807, 2.05) is 30.3 Å². The van der Waals surface area contributed by atoms with Crippen LogP contribution in [0.3, 0.4) is 0 Å². The van der Waals surface area contributed by atoms with Crippen LogP contribution in [0.2, 0.25) is 0 Å². The van der Waals surface area contributed by atoms with E-state index in [2.05, 4.69) is 5.32 Å². The number of carbonyl (C=O) groups is 3. The molecular formula is C21H21N3O4. The Morgan fingerprint density at radius 1 is 1.00 bits per heavy atom. The summed E-state index contributed by atoms with van der Waals surface area (Å²) in [7, 11) is 0. The van der Waals surface area contributed by atoms with E-state index in [0.717, 1.165) is 11.3 Å². The van der Waals surface area contributed by atoms with Crippen LogP contribution in [0.4, 0.5) is 10.5 Å². The van der Waals surface area contributed by atoms with Gasteiger partial charge in [0.15, 0.2) is 0 Å². The Labute approximate surface area is 162 Å². The van der Waals surface area contributed by atoms with Crippen molar-refractivity contribution >= 4 is 23.6 Å². The third-order valence-electron chi connectivity index (χ3n) is 5.43. The summed E-state index contributed by atoms with van der Waals surface area (Å²) in [4.78, 5) is 39.6. The molecule has 2 atom stereocenters. The maximum atomic E-state index is 12.9. The summed E-state index contributed by atoms with van der Waals surface area (Å²) in [5, 5.41) is 12.4. The Hall–Kier alpha value is -3.35. The molecule has 0 unspecified atom stereocenters. The van der Waals surface area contributed by atoms with Crippen molar-refractivity contribution in [3.63, 3.8) is 0 Å². The topological polar surface area (TPSA) is 89.9 Å². The van der Waals surface area contributed by atoms with Crippen molar-refractivity contribution in [2.75, 3.05) is 31.1 Å². The summed E-state index contributed by atoms with van der Waals surface area (Å²) in [5.41, 5.74) is 2.15. The van der Waals surface area contributed by atoms with Crippen molar-refractivity contribution in [3.05, 3.63) is 65.7 Å². The number of carbonyl (C=O) groups excluding carboxylic acids is 2. The first-order valence-corrected chi connectivity index (χ1v) is 9.27. The highest BCUT2D eigenvalue weighted by Gasteiger charge is 2.40. The molecule has 28 heavy (non-hydrogen) atoms. The smallest absolute Gasteiger partial charge is 0.321 e. The number of nitrogens with zero attached hydrogens (tertiary/aromatic N) is 2. The highest BCUT2D eigenvalue weighted by Crippen LogP contribution is 2.33. The van der Waals surface area contributed by atoms with Crippen molar-refractivity contribution in [3.8, 4) is 0 Å². The van der Waals surface area contributed by atoms with Crippen LogP contribution in [-0.2, 0) is 4.79 Å². The van der Waals surface area contributed by atoms with Gasteiger partial charge in [-0.15, -0.1) is 0 Å². The Bertz CT molecular complexity index is 898. The van der Waals surface area contributed by atoms with Gasteiger partial charge in [-0.3, -0.25) is 14.5 Å². The van der Waals surface area contributed by atoms with Gasteiger partial charge < -0.3 is 15.3 Å². The Morgan fingerprint density at radius 2 is 1.71 bits per heavy atom. The molecule has 7 heteroatoms. The van der Waals surface area contributed by atoms with Gasteiger partial charge in [0.05, 0.1) is 5.92 Å². The van der Waals surface area contributed by atoms with Crippen LogP contribution in [0.25, 0.3) is 0 Å². The van der Waals surface area contributed by atoms with Crippen molar-refractivity contribution in [1.29, 1.82) is 0 Å². The molecule has 3 amide bonds. The first kappa shape index (κ1) is 18.0. The number of aliphatic carboxylic acids is 1. The van der Waals surface area contributed by atoms with Gasteiger partial charge in [0.2, 0.25) is 0 Å². The number of hydrogen-bond acceptors (Lipinski definition) is 3. The molecule has 2 N–H and O–H groups in total. The summed E-state index contributed by atoms with van der Waals surface area (Å²) < 4.78 is 0. The number of amides is 3. The molecule has 2 aromatic rings. The maximum absolute atomic E-state index is 12.9. The van der Waals surface area contributed by atoms with Crippen LogP contribution in [0.1, 0.15) is 21.8 Å². The van der Waals surface area contributed by atoms with Gasteiger partial charge in [0, 0.05) is 43.3 Å². The number of urea groups is 1. The number of benzene rings is 2. The molecular weight excluding hydrogens is 358 g/mol. The molecule has 0 aromatic heterocycles. The van der Waals surface area contributed by atoms with Gasteiger partial charge in [0.25, 0.3) is 5.91 Å². The van der Waals surface area contributed by atoms with Gasteiger partial charge in [0.1, 0.15) is 0 Å². The molecule has 2 aliphatic rings. The van der Waals surface area contributed by atoms with E-state index in [-0.39, 0.29) is 24.4 Å². The zero-order valence-corrected chi connectivity index (χ0v) is 15.2. The average molecular weight is 379 g/mol. The lowest BCUT2D eigenvalue weighted by atomic mass is 9.89. The minimum absolute atomic E-state index is 0.145. The van der Waals surface area contributed by atoms with Crippen molar-refractivity contribution in [2.45, 2.75) is 5.92 Å². The molecule has 0 spiro atoms. The van der Waals surface area contributed by atoms with Crippen molar-refractivity contribution in [2.24, 2.45) is 5.92 Å². The summed E-state index contributed by atoms with van der Waals surface area (Å²) in [6.45, 7) is 1.75. The SMILES string of the molecule is O=C(O)[C@@H]1CN(C(=O)c2ccc(N3CCNC3=O)cc2)C[C@H]1c1ccccc1. The molecule has 7 nitrogen and oxygen atoms in total. The first-order valence-electron chi connectivity index (χ1n) is 9.27.